The fraction of sp³-hybridized carbons (Fsp3) is 0.429. The molecule has 0 spiro atoms. The molecule has 0 bridgehead atoms. The predicted octanol–water partition coefficient (Wildman–Crippen LogP) is 4.33. The Kier molecular flexibility index (Phi) is 6.68. The van der Waals surface area contributed by atoms with Gasteiger partial charge in [-0.3, -0.25) is 0 Å². The van der Waals surface area contributed by atoms with Crippen LogP contribution in [0.5, 0.6) is 11.5 Å². The number of para-hydroxylation sites is 1. The van der Waals surface area contributed by atoms with E-state index in [1.807, 2.05) is 30.3 Å². The highest BCUT2D eigenvalue weighted by Gasteiger charge is 2.17. The minimum absolute atomic E-state index is 0.0590. The quantitative estimate of drug-likeness (QED) is 0.673. The van der Waals surface area contributed by atoms with E-state index in [1.54, 1.807) is 13.2 Å². The Balaban J connectivity index is 1.71. The number of phenolic OH excluding ortho intramolecular Hbond substituents is 1. The largest absolute Gasteiger partial charge is 0.508 e. The molecule has 0 heterocycles. The molecular weight excluding hydrogens is 298 g/mol. The molecule has 2 rings (SSSR count). The van der Waals surface area contributed by atoms with E-state index < -0.39 is 0 Å². The standard InChI is InChI=1S/C21H29NO2/c1-21(2,16-17-11-13-19(24-3)14-12-17)22-15-7-6-9-18-8-4-5-10-20(18)23/h4-5,8,10-14,22-23H,6-7,9,15-16H2,1-3H3. The Morgan fingerprint density at radius 2 is 1.71 bits per heavy atom. The third-order valence-corrected chi connectivity index (χ3v) is 4.27. The van der Waals surface area contributed by atoms with Crippen molar-refractivity contribution in [2.24, 2.45) is 0 Å². The van der Waals surface area contributed by atoms with Gasteiger partial charge in [0.05, 0.1) is 7.11 Å². The molecule has 0 aliphatic rings. The Hall–Kier alpha value is -2.00. The van der Waals surface area contributed by atoms with E-state index in [2.05, 4.69) is 31.3 Å². The number of methoxy groups -OCH3 is 1. The van der Waals surface area contributed by atoms with Crippen LogP contribution in [0, 0.1) is 0 Å². The number of phenols is 1. The summed E-state index contributed by atoms with van der Waals surface area (Å²) in [4.78, 5) is 0. The summed E-state index contributed by atoms with van der Waals surface area (Å²) in [5.41, 5.74) is 2.40. The van der Waals surface area contributed by atoms with Crippen LogP contribution in [-0.2, 0) is 12.8 Å². The summed E-state index contributed by atoms with van der Waals surface area (Å²) in [6, 6.07) is 15.9. The minimum Gasteiger partial charge on any atom is -0.508 e. The molecule has 2 N–H and O–H groups in total. The van der Waals surface area contributed by atoms with Gasteiger partial charge < -0.3 is 15.2 Å². The molecule has 0 saturated heterocycles. The van der Waals surface area contributed by atoms with Crippen molar-refractivity contribution in [2.45, 2.75) is 45.1 Å². The molecule has 0 saturated carbocycles. The summed E-state index contributed by atoms with van der Waals surface area (Å²) >= 11 is 0. The van der Waals surface area contributed by atoms with Crippen LogP contribution in [0.25, 0.3) is 0 Å². The van der Waals surface area contributed by atoms with Gasteiger partial charge >= 0.3 is 0 Å². The van der Waals surface area contributed by atoms with Gasteiger partial charge in [0, 0.05) is 5.54 Å². The van der Waals surface area contributed by atoms with E-state index in [-0.39, 0.29) is 5.54 Å². The highest BCUT2D eigenvalue weighted by atomic mass is 16.5. The summed E-state index contributed by atoms with van der Waals surface area (Å²) in [6.45, 7) is 5.46. The molecule has 0 aliphatic heterocycles. The lowest BCUT2D eigenvalue weighted by molar-refractivity contribution is 0.380. The van der Waals surface area contributed by atoms with Crippen LogP contribution >= 0.6 is 0 Å². The van der Waals surface area contributed by atoms with Crippen LogP contribution in [0.1, 0.15) is 37.8 Å². The Morgan fingerprint density at radius 1 is 1.00 bits per heavy atom. The van der Waals surface area contributed by atoms with Crippen molar-refractivity contribution < 1.29 is 9.84 Å². The molecule has 2 aromatic rings. The molecule has 0 amide bonds. The molecule has 0 atom stereocenters. The number of unbranched alkanes of at least 4 members (excludes halogenated alkanes) is 1. The fourth-order valence-corrected chi connectivity index (χ4v) is 2.91. The highest BCUT2D eigenvalue weighted by Crippen LogP contribution is 2.19. The first kappa shape index (κ1) is 18.3. The van der Waals surface area contributed by atoms with Crippen molar-refractivity contribution in [2.75, 3.05) is 13.7 Å². The van der Waals surface area contributed by atoms with Crippen molar-refractivity contribution >= 4 is 0 Å². The van der Waals surface area contributed by atoms with Gasteiger partial charge in [0.1, 0.15) is 11.5 Å². The van der Waals surface area contributed by atoms with E-state index in [4.69, 9.17) is 4.74 Å². The molecule has 0 radical (unpaired) electrons. The van der Waals surface area contributed by atoms with Crippen LogP contribution in [0.4, 0.5) is 0 Å². The van der Waals surface area contributed by atoms with Crippen molar-refractivity contribution in [3.8, 4) is 11.5 Å². The number of rotatable bonds is 9. The van der Waals surface area contributed by atoms with Crippen molar-refractivity contribution in [1.82, 2.24) is 5.32 Å². The molecule has 0 fully saturated rings. The third kappa shape index (κ3) is 5.89. The highest BCUT2D eigenvalue weighted by molar-refractivity contribution is 5.31. The summed E-state index contributed by atoms with van der Waals surface area (Å²) < 4.78 is 5.20. The topological polar surface area (TPSA) is 41.5 Å². The zero-order valence-corrected chi connectivity index (χ0v) is 15.0. The van der Waals surface area contributed by atoms with Crippen LogP contribution in [0.15, 0.2) is 48.5 Å². The third-order valence-electron chi connectivity index (χ3n) is 4.27. The smallest absolute Gasteiger partial charge is 0.118 e. The summed E-state index contributed by atoms with van der Waals surface area (Å²) in [6.07, 6.45) is 4.08. The van der Waals surface area contributed by atoms with Gasteiger partial charge in [-0.05, 0) is 75.4 Å². The average Bonchev–Trinajstić information content (AvgIpc) is 2.56. The summed E-state index contributed by atoms with van der Waals surface area (Å²) in [5, 5.41) is 13.4. The first-order valence-corrected chi connectivity index (χ1v) is 8.65. The zero-order valence-electron chi connectivity index (χ0n) is 15.0. The van der Waals surface area contributed by atoms with Crippen LogP contribution in [0.2, 0.25) is 0 Å². The molecule has 0 aliphatic carbocycles. The first-order chi connectivity index (χ1) is 11.5. The Bertz CT molecular complexity index is 620. The van der Waals surface area contributed by atoms with Gasteiger partial charge in [-0.25, -0.2) is 0 Å². The van der Waals surface area contributed by atoms with Crippen molar-refractivity contribution in [1.29, 1.82) is 0 Å². The lowest BCUT2D eigenvalue weighted by atomic mass is 9.94. The predicted molar refractivity (Wildman–Crippen MR) is 99.8 cm³/mol. The molecule has 3 nitrogen and oxygen atoms in total. The van der Waals surface area contributed by atoms with E-state index in [0.29, 0.717) is 5.75 Å². The molecule has 2 aromatic carbocycles. The molecule has 0 aromatic heterocycles. The number of hydrogen-bond acceptors (Lipinski definition) is 3. The number of benzene rings is 2. The van der Waals surface area contributed by atoms with Gasteiger partial charge in [0.15, 0.2) is 0 Å². The normalized spacial score (nSPS) is 11.5. The molecular formula is C21H29NO2. The minimum atomic E-state index is 0.0590. The first-order valence-electron chi connectivity index (χ1n) is 8.65. The maximum absolute atomic E-state index is 9.77. The maximum atomic E-state index is 9.77. The van der Waals surface area contributed by atoms with Crippen molar-refractivity contribution in [3.63, 3.8) is 0 Å². The molecule has 0 unspecified atom stereocenters. The number of ether oxygens (including phenoxy) is 1. The number of aromatic hydroxyl groups is 1. The fourth-order valence-electron chi connectivity index (χ4n) is 2.91. The van der Waals surface area contributed by atoms with E-state index in [0.717, 1.165) is 43.5 Å². The van der Waals surface area contributed by atoms with Gasteiger partial charge in [-0.15, -0.1) is 0 Å². The van der Waals surface area contributed by atoms with Crippen LogP contribution in [0.3, 0.4) is 0 Å². The van der Waals surface area contributed by atoms with E-state index in [1.165, 1.54) is 5.56 Å². The molecule has 130 valence electrons. The lowest BCUT2D eigenvalue weighted by Gasteiger charge is -2.26. The summed E-state index contributed by atoms with van der Waals surface area (Å²) in [5.74, 6) is 1.30. The monoisotopic (exact) mass is 327 g/mol. The number of nitrogens with one attached hydrogen (secondary N) is 1. The molecule has 24 heavy (non-hydrogen) atoms. The van der Waals surface area contributed by atoms with Gasteiger partial charge in [0.2, 0.25) is 0 Å². The second-order valence-corrected chi connectivity index (χ2v) is 6.92. The van der Waals surface area contributed by atoms with Crippen LogP contribution in [-0.4, -0.2) is 24.3 Å². The Labute approximate surface area is 145 Å². The van der Waals surface area contributed by atoms with Crippen LogP contribution < -0.4 is 10.1 Å². The average molecular weight is 327 g/mol. The number of aryl methyl sites for hydroxylation is 1. The van der Waals surface area contributed by atoms with Gasteiger partial charge in [0.25, 0.3) is 0 Å². The zero-order chi connectivity index (χ0) is 17.4. The van der Waals surface area contributed by atoms with Gasteiger partial charge in [-0.2, -0.15) is 0 Å². The Morgan fingerprint density at radius 3 is 2.38 bits per heavy atom. The lowest BCUT2D eigenvalue weighted by Crippen LogP contribution is -2.41. The number of hydrogen-bond donors (Lipinski definition) is 2. The maximum Gasteiger partial charge on any atom is 0.118 e. The van der Waals surface area contributed by atoms with Crippen molar-refractivity contribution in [3.05, 3.63) is 59.7 Å². The molecule has 3 heteroatoms. The second kappa shape index (κ2) is 8.74. The SMILES string of the molecule is COc1ccc(CC(C)(C)NCCCCc2ccccc2O)cc1. The van der Waals surface area contributed by atoms with E-state index in [9.17, 15) is 5.11 Å². The summed E-state index contributed by atoms with van der Waals surface area (Å²) in [7, 11) is 1.69. The van der Waals surface area contributed by atoms with E-state index >= 15 is 0 Å². The van der Waals surface area contributed by atoms with Gasteiger partial charge in [-0.1, -0.05) is 30.3 Å². The second-order valence-electron chi connectivity index (χ2n) is 6.92.